The summed E-state index contributed by atoms with van der Waals surface area (Å²) in [5.41, 5.74) is 0.204. The largest absolute Gasteiger partial charge is 0.507 e. The second kappa shape index (κ2) is 12.7. The minimum atomic E-state index is -1.80. The number of phenolic OH excluding ortho intramolecular Hbond substituents is 3. The lowest BCUT2D eigenvalue weighted by Gasteiger charge is -2.44. The summed E-state index contributed by atoms with van der Waals surface area (Å²) < 4.78 is 39.4. The summed E-state index contributed by atoms with van der Waals surface area (Å²) in [5, 5.41) is 92.8. The van der Waals surface area contributed by atoms with Crippen LogP contribution in [0, 0.1) is 0 Å². The third kappa shape index (κ3) is 5.86. The van der Waals surface area contributed by atoms with Crippen LogP contribution >= 0.6 is 0 Å². The van der Waals surface area contributed by atoms with Crippen molar-refractivity contribution in [2.24, 2.45) is 0 Å². The van der Waals surface area contributed by atoms with Crippen LogP contribution < -0.4 is 14.2 Å². The van der Waals surface area contributed by atoms with E-state index in [4.69, 9.17) is 32.8 Å². The van der Waals surface area contributed by atoms with E-state index in [1.165, 1.54) is 38.5 Å². The van der Waals surface area contributed by atoms with Crippen LogP contribution in [-0.4, -0.2) is 129 Å². The van der Waals surface area contributed by atoms with Crippen molar-refractivity contribution in [1.82, 2.24) is 0 Å². The number of aromatic hydroxyl groups is 3. The fourth-order valence-electron chi connectivity index (χ4n) is 4.97. The molecule has 1 aromatic heterocycles. The highest BCUT2D eigenvalue weighted by Gasteiger charge is 2.50. The standard InChI is InChI=1S/C28H32O16/c1-38-16-3-10(4-17(39-2)21(16)34)25-18(7-12-13(31)5-11(30)6-15(12)41-25)42-28-26(23(36)22(35)19(8-29)43-28)44-27-24(37)20(33)14(32)9-40-27/h3-7,14,19-20,22-24,26-29,32-33,35-37H,8-9H2,1-2H3,(H2-,30,31,34)/p+1. The van der Waals surface area contributed by atoms with Gasteiger partial charge in [0, 0.05) is 24.3 Å². The molecule has 0 aliphatic carbocycles. The molecule has 0 radical (unpaired) electrons. The van der Waals surface area contributed by atoms with Crippen LogP contribution in [-0.2, 0) is 14.2 Å². The molecule has 2 fully saturated rings. The van der Waals surface area contributed by atoms with Gasteiger partial charge in [0.15, 0.2) is 23.9 Å². The molecule has 5 rings (SSSR count). The molecular formula is C28H33O16+. The molecule has 2 saturated heterocycles. The van der Waals surface area contributed by atoms with E-state index in [9.17, 15) is 46.0 Å². The van der Waals surface area contributed by atoms with Gasteiger partial charge < -0.3 is 74.4 Å². The molecule has 0 saturated carbocycles. The number of methoxy groups -OCH3 is 2. The molecule has 240 valence electrons. The normalized spacial score (nSPS) is 30.7. The molecule has 2 aliphatic rings. The number of aliphatic hydroxyl groups is 6. The summed E-state index contributed by atoms with van der Waals surface area (Å²) in [6.07, 6.45) is -14.6. The van der Waals surface area contributed by atoms with Gasteiger partial charge in [-0.2, -0.15) is 0 Å². The van der Waals surface area contributed by atoms with Crippen molar-refractivity contribution < 1.29 is 78.8 Å². The smallest absolute Gasteiger partial charge is 0.402 e. The minimum Gasteiger partial charge on any atom is -0.507 e. The predicted octanol–water partition coefficient (Wildman–Crippen LogP) is -0.843. The lowest BCUT2D eigenvalue weighted by molar-refractivity contribution is -0.344. The summed E-state index contributed by atoms with van der Waals surface area (Å²) in [6, 6.07) is 6.35. The molecule has 2 aromatic carbocycles. The second-order valence-corrected chi connectivity index (χ2v) is 10.2. The average molecular weight is 626 g/mol. The van der Waals surface area contributed by atoms with Crippen molar-refractivity contribution in [2.45, 2.75) is 55.3 Å². The topological polar surface area (TPSA) is 249 Å². The van der Waals surface area contributed by atoms with Gasteiger partial charge in [-0.3, -0.25) is 0 Å². The Labute approximate surface area is 249 Å². The number of phenols is 3. The number of rotatable bonds is 8. The van der Waals surface area contributed by atoms with Gasteiger partial charge in [-0.25, -0.2) is 4.42 Å². The summed E-state index contributed by atoms with van der Waals surface area (Å²) in [7, 11) is 2.61. The number of hydrogen-bond acceptors (Lipinski definition) is 15. The zero-order valence-corrected chi connectivity index (χ0v) is 23.4. The van der Waals surface area contributed by atoms with E-state index < -0.39 is 74.3 Å². The lowest BCUT2D eigenvalue weighted by Crippen LogP contribution is -2.63. The summed E-state index contributed by atoms with van der Waals surface area (Å²) in [5.74, 6) is -1.32. The highest BCUT2D eigenvalue weighted by molar-refractivity contribution is 5.88. The maximum atomic E-state index is 11.0. The Balaban J connectivity index is 1.61. The first-order chi connectivity index (χ1) is 21.0. The molecular weight excluding hydrogens is 592 g/mol. The summed E-state index contributed by atoms with van der Waals surface area (Å²) in [6.45, 7) is -1.18. The van der Waals surface area contributed by atoms with Crippen LogP contribution in [0.4, 0.5) is 0 Å². The first kappa shape index (κ1) is 31.7. The van der Waals surface area contributed by atoms with E-state index in [-0.39, 0.29) is 51.0 Å². The molecule has 9 unspecified atom stereocenters. The molecule has 9 N–H and O–H groups in total. The van der Waals surface area contributed by atoms with Crippen LogP contribution in [0.5, 0.6) is 34.5 Å². The molecule has 0 bridgehead atoms. The molecule has 9 atom stereocenters. The van der Waals surface area contributed by atoms with E-state index in [2.05, 4.69) is 0 Å². The van der Waals surface area contributed by atoms with Crippen LogP contribution in [0.2, 0.25) is 0 Å². The summed E-state index contributed by atoms with van der Waals surface area (Å²) in [4.78, 5) is 0. The minimum absolute atomic E-state index is 0.00295. The monoisotopic (exact) mass is 625 g/mol. The molecule has 0 amide bonds. The maximum Gasteiger partial charge on any atom is 0.402 e. The Kier molecular flexibility index (Phi) is 9.17. The van der Waals surface area contributed by atoms with Crippen LogP contribution in [0.1, 0.15) is 0 Å². The van der Waals surface area contributed by atoms with Gasteiger partial charge in [-0.15, -0.1) is 0 Å². The molecule has 16 nitrogen and oxygen atoms in total. The highest BCUT2D eigenvalue weighted by Crippen LogP contribution is 2.45. The van der Waals surface area contributed by atoms with Gasteiger partial charge in [0.25, 0.3) is 0 Å². The SMILES string of the molecule is COc1cc(-c2[o+]c3cc(O)cc(O)c3cc2OC2OC(CO)C(O)C(O)C2OC2OCC(O)C(O)C2O)cc(OC)c1O. The Bertz CT molecular complexity index is 1460. The van der Waals surface area contributed by atoms with Gasteiger partial charge in [0.2, 0.25) is 17.8 Å². The van der Waals surface area contributed by atoms with Crippen molar-refractivity contribution in [1.29, 1.82) is 0 Å². The molecule has 16 heteroatoms. The molecule has 0 spiro atoms. The van der Waals surface area contributed by atoms with Crippen LogP contribution in [0.25, 0.3) is 22.3 Å². The molecule has 3 aromatic rings. The van der Waals surface area contributed by atoms with E-state index >= 15 is 0 Å². The van der Waals surface area contributed by atoms with Crippen molar-refractivity contribution in [3.05, 3.63) is 30.3 Å². The first-order valence-electron chi connectivity index (χ1n) is 13.4. The fraction of sp³-hybridized carbons (Fsp3) is 0.464. The Morgan fingerprint density at radius 3 is 2.14 bits per heavy atom. The molecule has 2 aliphatic heterocycles. The van der Waals surface area contributed by atoms with Gasteiger partial charge >= 0.3 is 11.3 Å². The van der Waals surface area contributed by atoms with Crippen molar-refractivity contribution in [3.63, 3.8) is 0 Å². The highest BCUT2D eigenvalue weighted by atomic mass is 16.8. The summed E-state index contributed by atoms with van der Waals surface area (Å²) >= 11 is 0. The zero-order valence-electron chi connectivity index (χ0n) is 23.4. The number of benzene rings is 2. The van der Waals surface area contributed by atoms with Gasteiger partial charge in [0.1, 0.15) is 53.5 Å². The van der Waals surface area contributed by atoms with E-state index in [0.29, 0.717) is 0 Å². The first-order valence-corrected chi connectivity index (χ1v) is 13.4. The third-order valence-corrected chi connectivity index (χ3v) is 7.37. The average Bonchev–Trinajstić information content (AvgIpc) is 3.00. The van der Waals surface area contributed by atoms with Gasteiger partial charge in [-0.1, -0.05) is 0 Å². The number of aliphatic hydroxyl groups excluding tert-OH is 6. The zero-order chi connectivity index (χ0) is 31.9. The van der Waals surface area contributed by atoms with Gasteiger partial charge in [0.05, 0.1) is 39.1 Å². The Hall–Kier alpha value is -3.71. The quantitative estimate of drug-likeness (QED) is 0.138. The van der Waals surface area contributed by atoms with Crippen molar-refractivity contribution in [3.8, 4) is 45.8 Å². The number of fused-ring (bicyclic) bond motifs is 1. The fourth-order valence-corrected chi connectivity index (χ4v) is 4.97. The molecule has 3 heterocycles. The second-order valence-electron chi connectivity index (χ2n) is 10.2. The number of hydrogen-bond donors (Lipinski definition) is 9. The van der Waals surface area contributed by atoms with Gasteiger partial charge in [-0.05, 0) is 0 Å². The Morgan fingerprint density at radius 1 is 0.818 bits per heavy atom. The van der Waals surface area contributed by atoms with Crippen LogP contribution in [0.15, 0.2) is 34.7 Å². The maximum absolute atomic E-state index is 11.0. The van der Waals surface area contributed by atoms with E-state index in [1.807, 2.05) is 0 Å². The van der Waals surface area contributed by atoms with Crippen molar-refractivity contribution in [2.75, 3.05) is 27.4 Å². The van der Waals surface area contributed by atoms with Crippen molar-refractivity contribution >= 4 is 11.0 Å². The Morgan fingerprint density at radius 2 is 1.50 bits per heavy atom. The van der Waals surface area contributed by atoms with E-state index in [1.54, 1.807) is 0 Å². The number of ether oxygens (including phenoxy) is 6. The predicted molar refractivity (Wildman–Crippen MR) is 145 cm³/mol. The lowest BCUT2D eigenvalue weighted by atomic mass is 9.98. The molecule has 44 heavy (non-hydrogen) atoms. The van der Waals surface area contributed by atoms with Crippen LogP contribution in [0.3, 0.4) is 0 Å². The van der Waals surface area contributed by atoms with E-state index in [0.717, 1.165) is 6.07 Å². The third-order valence-electron chi connectivity index (χ3n) is 7.37.